The van der Waals surface area contributed by atoms with Gasteiger partial charge in [-0.2, -0.15) is 0 Å². The Bertz CT molecular complexity index is 2070. The van der Waals surface area contributed by atoms with Gasteiger partial charge in [0.05, 0.1) is 42.3 Å². The molecule has 0 atom stereocenters. The first-order valence-corrected chi connectivity index (χ1v) is 15.5. The van der Waals surface area contributed by atoms with Crippen LogP contribution < -0.4 is 30.7 Å². The first kappa shape index (κ1) is 32.6. The van der Waals surface area contributed by atoms with Gasteiger partial charge >= 0.3 is 0 Å². The van der Waals surface area contributed by atoms with Crippen molar-refractivity contribution < 1.29 is 9.47 Å². The van der Waals surface area contributed by atoms with Gasteiger partial charge in [-0.1, -0.05) is 6.07 Å². The van der Waals surface area contributed by atoms with E-state index in [0.29, 0.717) is 52.0 Å². The van der Waals surface area contributed by atoms with Crippen LogP contribution in [0.1, 0.15) is 11.1 Å². The highest BCUT2D eigenvalue weighted by molar-refractivity contribution is 5.91. The summed E-state index contributed by atoms with van der Waals surface area (Å²) in [7, 11) is 11.0. The maximum atomic E-state index is 6.64. The Balaban J connectivity index is 1.39. The van der Waals surface area contributed by atoms with Crippen molar-refractivity contribution in [3.05, 3.63) is 96.3 Å². The fraction of sp³-hybridized carbons (Fsp3) is 0.189. The molecule has 248 valence electrons. The Morgan fingerprint density at radius 2 is 1.14 bits per heavy atom. The van der Waals surface area contributed by atoms with Crippen molar-refractivity contribution in [3.63, 3.8) is 0 Å². The van der Waals surface area contributed by atoms with Crippen LogP contribution in [0.3, 0.4) is 0 Å². The standard InChI is InChI=1S/C37H38N10O2/c1-46(2)35-20-28(38)23(15-32(35)43-42-31-18-26(49-6)17-30-27(31)10-8-11-40-30)13-24-16-33(36(47(3)4)21-29(24)39)44-45-34-19-25(48-5)14-22-9-7-12-41-37(22)34/h7-12,14-21H,13,38-39H2,1-6H3. The van der Waals surface area contributed by atoms with E-state index >= 15 is 0 Å². The second-order valence-corrected chi connectivity index (χ2v) is 11.9. The van der Waals surface area contributed by atoms with Crippen molar-refractivity contribution in [3.8, 4) is 11.5 Å². The molecule has 0 spiro atoms. The summed E-state index contributed by atoms with van der Waals surface area (Å²) in [6.07, 6.45) is 3.90. The van der Waals surface area contributed by atoms with Gasteiger partial charge in [0.2, 0.25) is 0 Å². The molecule has 0 saturated carbocycles. The van der Waals surface area contributed by atoms with Gasteiger partial charge in [-0.15, -0.1) is 20.5 Å². The minimum absolute atomic E-state index is 0.430. The van der Waals surface area contributed by atoms with E-state index in [1.54, 1.807) is 26.6 Å². The fourth-order valence-corrected chi connectivity index (χ4v) is 5.55. The first-order valence-electron chi connectivity index (χ1n) is 15.5. The van der Waals surface area contributed by atoms with E-state index < -0.39 is 0 Å². The zero-order valence-electron chi connectivity index (χ0n) is 28.3. The van der Waals surface area contributed by atoms with Gasteiger partial charge in [0.25, 0.3) is 0 Å². The number of nitrogens with two attached hydrogens (primary N) is 2. The zero-order valence-corrected chi connectivity index (χ0v) is 28.3. The number of hydrogen-bond acceptors (Lipinski definition) is 12. The second-order valence-electron chi connectivity index (χ2n) is 11.9. The van der Waals surface area contributed by atoms with E-state index in [9.17, 15) is 0 Å². The van der Waals surface area contributed by atoms with Crippen molar-refractivity contribution >= 4 is 67.3 Å². The maximum absolute atomic E-state index is 6.64. The third kappa shape index (κ3) is 6.89. The lowest BCUT2D eigenvalue weighted by atomic mass is 9.99. The first-order chi connectivity index (χ1) is 23.6. The number of nitrogens with zero attached hydrogens (tertiary/aromatic N) is 8. The van der Waals surface area contributed by atoms with Gasteiger partial charge < -0.3 is 30.7 Å². The van der Waals surface area contributed by atoms with Crippen LogP contribution in [0, 0.1) is 0 Å². The lowest BCUT2D eigenvalue weighted by molar-refractivity contribution is 0.415. The molecule has 0 bridgehead atoms. The highest BCUT2D eigenvalue weighted by Gasteiger charge is 2.16. The molecule has 0 unspecified atom stereocenters. The lowest BCUT2D eigenvalue weighted by Gasteiger charge is -2.20. The molecular weight excluding hydrogens is 616 g/mol. The molecule has 4 N–H and O–H groups in total. The number of benzene rings is 4. The monoisotopic (exact) mass is 654 g/mol. The number of rotatable bonds is 10. The van der Waals surface area contributed by atoms with Crippen molar-refractivity contribution in [1.29, 1.82) is 0 Å². The normalized spacial score (nSPS) is 11.6. The number of nitrogen functional groups attached to an aromatic ring is 2. The predicted molar refractivity (Wildman–Crippen MR) is 198 cm³/mol. The van der Waals surface area contributed by atoms with E-state index in [1.165, 1.54) is 0 Å². The van der Waals surface area contributed by atoms with Gasteiger partial charge in [-0.25, -0.2) is 0 Å². The summed E-state index contributed by atoms with van der Waals surface area (Å²) in [5, 5.41) is 20.4. The Hall–Kier alpha value is -6.30. The Kier molecular flexibility index (Phi) is 9.20. The highest BCUT2D eigenvalue weighted by Crippen LogP contribution is 2.40. The lowest BCUT2D eigenvalue weighted by Crippen LogP contribution is -2.11. The Morgan fingerprint density at radius 3 is 1.76 bits per heavy atom. The van der Waals surface area contributed by atoms with E-state index in [1.807, 2.05) is 111 Å². The molecule has 6 aromatic rings. The molecule has 4 aromatic carbocycles. The average molecular weight is 655 g/mol. The summed E-state index contributed by atoms with van der Waals surface area (Å²) in [4.78, 5) is 12.9. The SMILES string of the molecule is COc1cc(N=Nc2cc(Cc3cc(N=Nc4cc(OC)cc5ncccc45)c(N(C)C)cc3N)c(N)cc2N(C)C)c2ncccc2c1. The molecular formula is C37H38N10O2. The van der Waals surface area contributed by atoms with Gasteiger partial charge in [-0.3, -0.25) is 9.97 Å². The number of anilines is 4. The smallest absolute Gasteiger partial charge is 0.123 e. The topological polar surface area (TPSA) is 152 Å². The third-order valence-corrected chi connectivity index (χ3v) is 8.15. The number of pyridine rings is 2. The molecule has 0 aliphatic carbocycles. The van der Waals surface area contributed by atoms with Crippen LogP contribution in [-0.4, -0.2) is 52.4 Å². The molecule has 49 heavy (non-hydrogen) atoms. The number of aromatic nitrogens is 2. The van der Waals surface area contributed by atoms with Crippen molar-refractivity contribution in [2.75, 3.05) is 63.7 Å². The maximum Gasteiger partial charge on any atom is 0.123 e. The summed E-state index contributed by atoms with van der Waals surface area (Å²) in [6, 6.07) is 22.8. The second kappa shape index (κ2) is 13.8. The van der Waals surface area contributed by atoms with Crippen molar-refractivity contribution in [2.45, 2.75) is 6.42 Å². The molecule has 6 rings (SSSR count). The molecule has 12 nitrogen and oxygen atoms in total. The summed E-state index contributed by atoms with van der Waals surface area (Å²) in [6.45, 7) is 0. The summed E-state index contributed by atoms with van der Waals surface area (Å²) in [5.41, 5.74) is 21.8. The molecule has 0 aliphatic rings. The molecule has 0 saturated heterocycles. The number of fused-ring (bicyclic) bond motifs is 2. The highest BCUT2D eigenvalue weighted by atomic mass is 16.5. The van der Waals surface area contributed by atoms with E-state index in [4.69, 9.17) is 31.2 Å². The summed E-state index contributed by atoms with van der Waals surface area (Å²) in [5.74, 6) is 1.31. The van der Waals surface area contributed by atoms with Crippen LogP contribution in [0.25, 0.3) is 21.8 Å². The van der Waals surface area contributed by atoms with Crippen LogP contribution in [0.2, 0.25) is 0 Å². The van der Waals surface area contributed by atoms with E-state index in [2.05, 4.69) is 20.2 Å². The van der Waals surface area contributed by atoms with Crippen LogP contribution in [0.4, 0.5) is 45.5 Å². The Labute approximate surface area is 284 Å². The quantitative estimate of drug-likeness (QED) is 0.110. The molecule has 0 amide bonds. The summed E-state index contributed by atoms with van der Waals surface area (Å²) >= 11 is 0. The molecule has 0 radical (unpaired) electrons. The fourth-order valence-electron chi connectivity index (χ4n) is 5.55. The van der Waals surface area contributed by atoms with Crippen LogP contribution in [0.15, 0.2) is 106 Å². The van der Waals surface area contributed by atoms with Crippen LogP contribution in [-0.2, 0) is 6.42 Å². The van der Waals surface area contributed by atoms with Gasteiger partial charge in [-0.05, 0) is 59.7 Å². The van der Waals surface area contributed by atoms with Crippen LogP contribution >= 0.6 is 0 Å². The number of hydrogen-bond donors (Lipinski definition) is 2. The molecule has 0 aliphatic heterocycles. The third-order valence-electron chi connectivity index (χ3n) is 8.15. The van der Waals surface area contributed by atoms with Gasteiger partial charge in [0.1, 0.15) is 28.6 Å². The molecule has 2 heterocycles. The molecule has 0 fully saturated rings. The predicted octanol–water partition coefficient (Wildman–Crippen LogP) is 8.52. The minimum atomic E-state index is 0.430. The van der Waals surface area contributed by atoms with Crippen molar-refractivity contribution in [2.24, 2.45) is 20.5 Å². The number of ether oxygens (including phenoxy) is 2. The average Bonchev–Trinajstić information content (AvgIpc) is 3.10. The summed E-state index contributed by atoms with van der Waals surface area (Å²) < 4.78 is 11.0. The van der Waals surface area contributed by atoms with E-state index in [0.717, 1.165) is 44.3 Å². The number of methoxy groups -OCH3 is 2. The molecule has 12 heteroatoms. The number of azo groups is 2. The minimum Gasteiger partial charge on any atom is -0.497 e. The van der Waals surface area contributed by atoms with Gasteiger partial charge in [0, 0.05) is 87.4 Å². The zero-order chi connectivity index (χ0) is 34.7. The largest absolute Gasteiger partial charge is 0.497 e. The van der Waals surface area contributed by atoms with Crippen molar-refractivity contribution in [1.82, 2.24) is 9.97 Å². The van der Waals surface area contributed by atoms with Crippen LogP contribution in [0.5, 0.6) is 11.5 Å². The molecule has 2 aromatic heterocycles. The van der Waals surface area contributed by atoms with E-state index in [-0.39, 0.29) is 0 Å². The Morgan fingerprint density at radius 1 is 0.612 bits per heavy atom. The van der Waals surface area contributed by atoms with Gasteiger partial charge in [0.15, 0.2) is 0 Å².